The van der Waals surface area contributed by atoms with Crippen molar-refractivity contribution in [1.82, 2.24) is 4.90 Å². The number of hydrogen-bond donors (Lipinski definition) is 1. The van der Waals surface area contributed by atoms with Gasteiger partial charge in [0.15, 0.2) is 5.76 Å². The zero-order chi connectivity index (χ0) is 24.7. The van der Waals surface area contributed by atoms with E-state index in [4.69, 9.17) is 4.42 Å². The standard InChI is InChI=1S/C28H27NO5S/c1-16-14-15-35-26(16)23-22(25(30)21-13-8-17(2)34-21)20(12-9-18-6-4-3-5-7-18)29(24(23)28(32)33)27(31)19-10-11-19/h3-9,12-15,19-20,22-24H,10-11H2,1-2H3,(H,32,33). The van der Waals surface area contributed by atoms with E-state index in [-0.39, 0.29) is 23.4 Å². The highest BCUT2D eigenvalue weighted by molar-refractivity contribution is 7.10. The number of aryl methyl sites for hydroxylation is 2. The second-order valence-corrected chi connectivity index (χ2v) is 10.3. The molecule has 3 heterocycles. The second kappa shape index (κ2) is 9.30. The fourth-order valence-corrected chi connectivity index (χ4v) is 6.21. The van der Waals surface area contributed by atoms with E-state index in [1.54, 1.807) is 19.1 Å². The first-order chi connectivity index (χ1) is 16.9. The molecule has 7 heteroatoms. The average Bonchev–Trinajstić information content (AvgIpc) is 3.32. The van der Waals surface area contributed by atoms with Crippen LogP contribution in [0.25, 0.3) is 6.08 Å². The smallest absolute Gasteiger partial charge is 0.327 e. The number of carbonyl (C=O) groups is 3. The van der Waals surface area contributed by atoms with Gasteiger partial charge in [-0.3, -0.25) is 9.59 Å². The number of ketones is 1. The van der Waals surface area contributed by atoms with Gasteiger partial charge in [0.1, 0.15) is 11.8 Å². The van der Waals surface area contributed by atoms with Crippen LogP contribution in [0.15, 0.2) is 64.4 Å². The van der Waals surface area contributed by atoms with Crippen molar-refractivity contribution in [2.45, 2.75) is 44.7 Å². The maximum Gasteiger partial charge on any atom is 0.327 e. The molecule has 4 atom stereocenters. The minimum Gasteiger partial charge on any atom is -0.480 e. The molecular weight excluding hydrogens is 462 g/mol. The Morgan fingerprint density at radius 3 is 2.37 bits per heavy atom. The molecule has 2 aromatic heterocycles. The predicted molar refractivity (Wildman–Crippen MR) is 133 cm³/mol. The zero-order valence-corrected chi connectivity index (χ0v) is 20.4. The van der Waals surface area contributed by atoms with Crippen LogP contribution in [-0.2, 0) is 9.59 Å². The van der Waals surface area contributed by atoms with Gasteiger partial charge in [-0.25, -0.2) is 4.79 Å². The van der Waals surface area contributed by atoms with Gasteiger partial charge < -0.3 is 14.4 Å². The van der Waals surface area contributed by atoms with Gasteiger partial charge in [0.2, 0.25) is 11.7 Å². The number of carboxylic acids is 1. The van der Waals surface area contributed by atoms with Crippen molar-refractivity contribution >= 4 is 35.1 Å². The normalized spacial score (nSPS) is 24.2. The number of furan rings is 1. The van der Waals surface area contributed by atoms with E-state index in [1.165, 1.54) is 16.2 Å². The molecule has 4 unspecified atom stereocenters. The lowest BCUT2D eigenvalue weighted by Crippen LogP contribution is -2.46. The quantitative estimate of drug-likeness (QED) is 0.454. The number of amides is 1. The molecule has 2 aliphatic rings. The highest BCUT2D eigenvalue weighted by Gasteiger charge is 2.58. The van der Waals surface area contributed by atoms with Gasteiger partial charge in [0.25, 0.3) is 0 Å². The Balaban J connectivity index is 1.68. The molecule has 5 rings (SSSR count). The summed E-state index contributed by atoms with van der Waals surface area (Å²) < 4.78 is 5.69. The number of nitrogens with zero attached hydrogens (tertiary/aromatic N) is 1. The van der Waals surface area contributed by atoms with Crippen molar-refractivity contribution in [3.8, 4) is 0 Å². The third kappa shape index (κ3) is 4.36. The van der Waals surface area contributed by atoms with E-state index in [0.717, 1.165) is 28.8 Å². The lowest BCUT2D eigenvalue weighted by molar-refractivity contribution is -0.150. The van der Waals surface area contributed by atoms with E-state index >= 15 is 0 Å². The summed E-state index contributed by atoms with van der Waals surface area (Å²) >= 11 is 1.44. The summed E-state index contributed by atoms with van der Waals surface area (Å²) in [5, 5.41) is 12.3. The topological polar surface area (TPSA) is 87.8 Å². The maximum absolute atomic E-state index is 14.0. The highest BCUT2D eigenvalue weighted by Crippen LogP contribution is 2.49. The lowest BCUT2D eigenvalue weighted by atomic mass is 9.80. The van der Waals surface area contributed by atoms with Gasteiger partial charge in [0.05, 0.1) is 12.0 Å². The SMILES string of the molecule is Cc1ccc(C(=O)C2C(c3sccc3C)C(C(=O)O)N(C(=O)C3CC3)C2C=Cc2ccccc2)o1. The summed E-state index contributed by atoms with van der Waals surface area (Å²) in [4.78, 5) is 42.6. The van der Waals surface area contributed by atoms with E-state index in [2.05, 4.69) is 0 Å². The third-order valence-electron chi connectivity index (χ3n) is 6.93. The number of rotatable bonds is 7. The number of Topliss-reactive ketones (excluding diaryl/α,β-unsaturated/α-hetero) is 1. The summed E-state index contributed by atoms with van der Waals surface area (Å²) in [6.45, 7) is 3.69. The van der Waals surface area contributed by atoms with Crippen LogP contribution >= 0.6 is 11.3 Å². The fraction of sp³-hybridized carbons (Fsp3) is 0.321. The van der Waals surface area contributed by atoms with Crippen LogP contribution in [0, 0.1) is 25.7 Å². The molecule has 1 aromatic carbocycles. The lowest BCUT2D eigenvalue weighted by Gasteiger charge is -2.28. The van der Waals surface area contributed by atoms with E-state index in [0.29, 0.717) is 5.76 Å². The number of benzene rings is 1. The predicted octanol–water partition coefficient (Wildman–Crippen LogP) is 5.33. The minimum absolute atomic E-state index is 0.186. The number of likely N-dealkylation sites (tertiary alicyclic amines) is 1. The molecule has 35 heavy (non-hydrogen) atoms. The number of carboxylic acid groups (broad SMARTS) is 1. The summed E-state index contributed by atoms with van der Waals surface area (Å²) in [6.07, 6.45) is 5.19. The third-order valence-corrected chi connectivity index (χ3v) is 8.05. The van der Waals surface area contributed by atoms with Crippen molar-refractivity contribution in [2.24, 2.45) is 11.8 Å². The largest absolute Gasteiger partial charge is 0.480 e. The van der Waals surface area contributed by atoms with Crippen molar-refractivity contribution in [1.29, 1.82) is 0 Å². The van der Waals surface area contributed by atoms with Crippen LogP contribution in [0.4, 0.5) is 0 Å². The molecule has 0 spiro atoms. The van der Waals surface area contributed by atoms with Crippen molar-refractivity contribution in [2.75, 3.05) is 0 Å². The molecule has 0 radical (unpaired) electrons. The van der Waals surface area contributed by atoms with Crippen molar-refractivity contribution in [3.05, 3.63) is 87.5 Å². The summed E-state index contributed by atoms with van der Waals surface area (Å²) in [7, 11) is 0. The van der Waals surface area contributed by atoms with Crippen LogP contribution in [0.3, 0.4) is 0 Å². The molecule has 180 valence electrons. The Labute approximate surface area is 207 Å². The minimum atomic E-state index is -1.14. The highest BCUT2D eigenvalue weighted by atomic mass is 32.1. The average molecular weight is 490 g/mol. The zero-order valence-electron chi connectivity index (χ0n) is 19.6. The monoisotopic (exact) mass is 489 g/mol. The van der Waals surface area contributed by atoms with E-state index in [1.807, 2.05) is 60.9 Å². The summed E-state index contributed by atoms with van der Waals surface area (Å²) in [5.74, 6) is -2.43. The van der Waals surface area contributed by atoms with Crippen LogP contribution in [0.5, 0.6) is 0 Å². The van der Waals surface area contributed by atoms with Gasteiger partial charge in [-0.05, 0) is 61.4 Å². The van der Waals surface area contributed by atoms with Crippen LogP contribution < -0.4 is 0 Å². The number of hydrogen-bond acceptors (Lipinski definition) is 5. The molecule has 2 fully saturated rings. The van der Waals surface area contributed by atoms with Gasteiger partial charge in [-0.2, -0.15) is 0 Å². The first kappa shape index (κ1) is 23.3. The number of thiophene rings is 1. The molecule has 1 aliphatic carbocycles. The first-order valence-corrected chi connectivity index (χ1v) is 12.7. The van der Waals surface area contributed by atoms with Gasteiger partial charge in [-0.1, -0.05) is 42.5 Å². The summed E-state index contributed by atoms with van der Waals surface area (Å²) in [6, 6.07) is 13.0. The number of carbonyl (C=O) groups excluding carboxylic acids is 2. The Bertz CT molecular complexity index is 1290. The van der Waals surface area contributed by atoms with Crippen LogP contribution in [0.1, 0.15) is 51.1 Å². The van der Waals surface area contributed by atoms with Gasteiger partial charge in [0, 0.05) is 16.7 Å². The molecule has 1 N–H and O–H groups in total. The Kier molecular flexibility index (Phi) is 6.19. The van der Waals surface area contributed by atoms with Crippen molar-refractivity contribution < 1.29 is 23.9 Å². The molecule has 1 aliphatic heterocycles. The molecule has 1 saturated carbocycles. The Hall–Kier alpha value is -3.45. The first-order valence-electron chi connectivity index (χ1n) is 11.8. The van der Waals surface area contributed by atoms with Gasteiger partial charge >= 0.3 is 5.97 Å². The maximum atomic E-state index is 14.0. The Morgan fingerprint density at radius 1 is 1.06 bits per heavy atom. The summed E-state index contributed by atoms with van der Waals surface area (Å²) in [5.41, 5.74) is 1.83. The molecule has 1 saturated heterocycles. The second-order valence-electron chi connectivity index (χ2n) is 9.36. The molecule has 6 nitrogen and oxygen atoms in total. The molecule has 0 bridgehead atoms. The van der Waals surface area contributed by atoms with E-state index < -0.39 is 29.9 Å². The molecule has 1 amide bonds. The molecule has 3 aromatic rings. The van der Waals surface area contributed by atoms with Crippen LogP contribution in [0.2, 0.25) is 0 Å². The number of aliphatic carboxylic acids is 1. The van der Waals surface area contributed by atoms with E-state index in [9.17, 15) is 19.5 Å². The van der Waals surface area contributed by atoms with Crippen LogP contribution in [-0.4, -0.2) is 39.7 Å². The Morgan fingerprint density at radius 2 is 1.80 bits per heavy atom. The fourth-order valence-electron chi connectivity index (χ4n) is 5.11. The van der Waals surface area contributed by atoms with Crippen molar-refractivity contribution in [3.63, 3.8) is 0 Å². The van der Waals surface area contributed by atoms with Gasteiger partial charge in [-0.15, -0.1) is 11.3 Å². The molecular formula is C28H27NO5S.